The van der Waals surface area contributed by atoms with Gasteiger partial charge in [-0.25, -0.2) is 13.2 Å². The largest absolute Gasteiger partial charge is 0.411 e. The zero-order valence-electron chi connectivity index (χ0n) is 30.8. The molecule has 0 saturated carbocycles. The van der Waals surface area contributed by atoms with Crippen molar-refractivity contribution in [1.82, 2.24) is 24.4 Å². The molecule has 282 valence electrons. The van der Waals surface area contributed by atoms with E-state index in [1.807, 2.05) is 65.0 Å². The molecular formula is C38H52N6O7S. The molecule has 1 aliphatic rings. The number of pyridine rings is 1. The molecule has 1 aromatic heterocycles. The van der Waals surface area contributed by atoms with Crippen LogP contribution in [0, 0.1) is 11.3 Å². The quantitative estimate of drug-likeness (QED) is 0.0969. The van der Waals surface area contributed by atoms with E-state index in [0.29, 0.717) is 30.0 Å². The van der Waals surface area contributed by atoms with E-state index < -0.39 is 45.6 Å². The molecule has 13 nitrogen and oxygen atoms in total. The Kier molecular flexibility index (Phi) is 13.5. The van der Waals surface area contributed by atoms with Gasteiger partial charge >= 0.3 is 6.03 Å². The molecule has 0 bridgehead atoms. The van der Waals surface area contributed by atoms with Crippen molar-refractivity contribution < 1.29 is 33.4 Å². The second kappa shape index (κ2) is 17.4. The summed E-state index contributed by atoms with van der Waals surface area (Å²) in [5.74, 6) is -0.541. The summed E-state index contributed by atoms with van der Waals surface area (Å²) >= 11 is 0. The van der Waals surface area contributed by atoms with Crippen LogP contribution in [0.5, 0.6) is 0 Å². The first-order valence-corrected chi connectivity index (χ1v) is 18.9. The molecule has 3 amide bonds. The summed E-state index contributed by atoms with van der Waals surface area (Å²) in [4.78, 5) is 35.8. The molecule has 14 heteroatoms. The highest BCUT2D eigenvalue weighted by molar-refractivity contribution is 7.89. The van der Waals surface area contributed by atoms with Crippen LogP contribution in [-0.4, -0.2) is 105 Å². The smallest absolute Gasteiger partial charge is 0.321 e. The van der Waals surface area contributed by atoms with Gasteiger partial charge < -0.3 is 30.5 Å². The van der Waals surface area contributed by atoms with Crippen LogP contribution in [0.3, 0.4) is 0 Å². The van der Waals surface area contributed by atoms with E-state index in [-0.39, 0.29) is 42.9 Å². The first-order valence-electron chi connectivity index (χ1n) is 17.5. The summed E-state index contributed by atoms with van der Waals surface area (Å²) in [6, 6.07) is 18.3. The number of rotatable bonds is 16. The zero-order valence-corrected chi connectivity index (χ0v) is 31.6. The zero-order chi connectivity index (χ0) is 38.2. The highest BCUT2D eigenvalue weighted by Crippen LogP contribution is 2.29. The van der Waals surface area contributed by atoms with Crippen LogP contribution >= 0.6 is 0 Å². The van der Waals surface area contributed by atoms with Crippen molar-refractivity contribution >= 4 is 28.2 Å². The lowest BCUT2D eigenvalue weighted by Gasteiger charge is -2.38. The Hall–Kier alpha value is -4.37. The first-order chi connectivity index (χ1) is 24.5. The number of carbonyl (C=O) groups excluding carboxylic acids is 2. The van der Waals surface area contributed by atoms with E-state index >= 15 is 0 Å². The summed E-state index contributed by atoms with van der Waals surface area (Å²) in [6.45, 7) is 11.7. The number of benzene rings is 2. The number of nitrogens with zero attached hydrogens (tertiary/aromatic N) is 5. The van der Waals surface area contributed by atoms with E-state index in [1.54, 1.807) is 34.9 Å². The minimum Gasteiger partial charge on any atom is -0.411 e. The number of aromatic nitrogens is 1. The summed E-state index contributed by atoms with van der Waals surface area (Å²) in [5, 5.41) is 36.7. The minimum absolute atomic E-state index is 0.0109. The molecule has 52 heavy (non-hydrogen) atoms. The van der Waals surface area contributed by atoms with Crippen LogP contribution in [0.4, 0.5) is 4.79 Å². The highest BCUT2D eigenvalue weighted by atomic mass is 32.2. The number of urea groups is 1. The summed E-state index contributed by atoms with van der Waals surface area (Å²) in [5.41, 5.74) is 1.75. The molecule has 1 unspecified atom stereocenters. The fraction of sp³-hybridized carbons (Fsp3) is 0.474. The van der Waals surface area contributed by atoms with Crippen molar-refractivity contribution in [2.45, 2.75) is 83.7 Å². The van der Waals surface area contributed by atoms with Gasteiger partial charge in [-0.3, -0.25) is 9.78 Å². The van der Waals surface area contributed by atoms with Crippen molar-refractivity contribution in [3.05, 3.63) is 95.3 Å². The number of carbonyl (C=O) groups is 2. The highest BCUT2D eigenvalue weighted by Gasteiger charge is 2.44. The molecule has 3 aromatic rings. The summed E-state index contributed by atoms with van der Waals surface area (Å²) < 4.78 is 29.1. The minimum atomic E-state index is -4.08. The fourth-order valence-corrected chi connectivity index (χ4v) is 7.99. The molecule has 1 fully saturated rings. The van der Waals surface area contributed by atoms with E-state index in [2.05, 4.69) is 15.5 Å². The Morgan fingerprint density at radius 3 is 2.25 bits per heavy atom. The predicted octanol–water partition coefficient (Wildman–Crippen LogP) is 4.03. The Balaban J connectivity index is 1.59. The lowest BCUT2D eigenvalue weighted by Crippen LogP contribution is -2.59. The molecule has 4 rings (SSSR count). The molecule has 2 heterocycles. The molecule has 0 spiro atoms. The molecule has 1 saturated heterocycles. The van der Waals surface area contributed by atoms with Gasteiger partial charge in [-0.1, -0.05) is 88.3 Å². The number of hydrogen-bond donors (Lipinski definition) is 4. The van der Waals surface area contributed by atoms with Crippen LogP contribution in [0.25, 0.3) is 0 Å². The second-order valence-electron chi connectivity index (χ2n) is 14.8. The summed E-state index contributed by atoms with van der Waals surface area (Å²) in [7, 11) is -4.08. The number of amides is 3. The Morgan fingerprint density at radius 1 is 0.981 bits per heavy atom. The Labute approximate surface area is 307 Å². The predicted molar refractivity (Wildman–Crippen MR) is 198 cm³/mol. The van der Waals surface area contributed by atoms with Crippen molar-refractivity contribution in [1.29, 1.82) is 0 Å². The molecule has 0 radical (unpaired) electrons. The number of nitrogens with one attached hydrogen (secondary N) is 1. The SMILES string of the molecule is CC(C)CN(C[C@@H](O)[C@H](Cc1ccccc1)NC(=O)[C@@H](N1CCN(Cc2cccc(C(C)O)n2)C1=O)C(C)(C)C)S(=O)(=O)c1ccc(C=NO)cc1. The average molecular weight is 737 g/mol. The van der Waals surface area contributed by atoms with Gasteiger partial charge in [0.25, 0.3) is 0 Å². The van der Waals surface area contributed by atoms with Gasteiger partial charge in [0.15, 0.2) is 0 Å². The third-order valence-corrected chi connectivity index (χ3v) is 10.7. The van der Waals surface area contributed by atoms with Crippen LogP contribution in [0.2, 0.25) is 0 Å². The maximum atomic E-state index is 14.3. The average Bonchev–Trinajstić information content (AvgIpc) is 3.42. The normalized spacial score (nSPS) is 16.5. The maximum absolute atomic E-state index is 14.3. The number of sulfonamides is 1. The van der Waals surface area contributed by atoms with Crippen LogP contribution in [0.15, 0.2) is 82.8 Å². The number of aliphatic hydroxyl groups excluding tert-OH is 2. The lowest BCUT2D eigenvalue weighted by molar-refractivity contribution is -0.130. The molecule has 0 aliphatic carbocycles. The first kappa shape index (κ1) is 40.4. The van der Waals surface area contributed by atoms with Gasteiger partial charge in [-0.15, -0.1) is 0 Å². The standard InChI is InChI=1S/C38H52N6O7S/c1-26(2)23-43(52(50,51)31-17-15-29(16-18-31)22-39-49)25-34(46)33(21-28-11-8-7-9-12-28)41-36(47)35(38(4,5)6)44-20-19-42(37(44)48)24-30-13-10-14-32(40-30)27(3)45/h7-18,22,26-27,33-35,45-46,49H,19-21,23-25H2,1-6H3,(H,41,47)/t27?,33-,34+,35+/m0/s1. The van der Waals surface area contributed by atoms with Crippen LogP contribution in [-0.2, 0) is 27.8 Å². The Bertz CT molecular complexity index is 1780. The van der Waals surface area contributed by atoms with Gasteiger partial charge in [0.1, 0.15) is 6.04 Å². The molecule has 2 aromatic carbocycles. The monoisotopic (exact) mass is 736 g/mol. The fourth-order valence-electron chi connectivity index (χ4n) is 6.37. The number of aliphatic hydroxyl groups is 2. The molecule has 1 aliphatic heterocycles. The summed E-state index contributed by atoms with van der Waals surface area (Å²) in [6.07, 6.45) is -0.677. The third kappa shape index (κ3) is 10.4. The molecule has 4 N–H and O–H groups in total. The van der Waals surface area contributed by atoms with Crippen LogP contribution in [0.1, 0.15) is 70.2 Å². The van der Waals surface area contributed by atoms with E-state index in [9.17, 15) is 28.2 Å². The van der Waals surface area contributed by atoms with Crippen molar-refractivity contribution in [2.24, 2.45) is 16.5 Å². The van der Waals surface area contributed by atoms with Crippen molar-refractivity contribution in [3.8, 4) is 0 Å². The van der Waals surface area contributed by atoms with Gasteiger partial charge in [0.2, 0.25) is 15.9 Å². The third-order valence-electron chi connectivity index (χ3n) is 8.89. The van der Waals surface area contributed by atoms with Gasteiger partial charge in [-0.05, 0) is 60.1 Å². The van der Waals surface area contributed by atoms with Gasteiger partial charge in [-0.2, -0.15) is 4.31 Å². The van der Waals surface area contributed by atoms with Gasteiger partial charge in [0.05, 0.1) is 47.3 Å². The lowest BCUT2D eigenvalue weighted by atomic mass is 9.84. The Morgan fingerprint density at radius 2 is 1.65 bits per heavy atom. The number of hydrogen-bond acceptors (Lipinski definition) is 9. The number of oxime groups is 1. The van der Waals surface area contributed by atoms with E-state index in [4.69, 9.17) is 5.21 Å². The second-order valence-corrected chi connectivity index (χ2v) is 16.7. The maximum Gasteiger partial charge on any atom is 0.321 e. The van der Waals surface area contributed by atoms with E-state index in [1.165, 1.54) is 34.8 Å². The van der Waals surface area contributed by atoms with Gasteiger partial charge in [0, 0.05) is 26.2 Å². The topological polar surface area (TPSA) is 176 Å². The van der Waals surface area contributed by atoms with E-state index in [0.717, 1.165) is 5.56 Å². The van der Waals surface area contributed by atoms with Crippen LogP contribution < -0.4 is 5.32 Å². The van der Waals surface area contributed by atoms with Crippen molar-refractivity contribution in [3.63, 3.8) is 0 Å². The molecule has 4 atom stereocenters. The van der Waals surface area contributed by atoms with Crippen molar-refractivity contribution in [2.75, 3.05) is 26.2 Å². The molecular weight excluding hydrogens is 685 g/mol.